The van der Waals surface area contributed by atoms with Gasteiger partial charge < -0.3 is 10.1 Å². The number of rotatable bonds is 6. The molecule has 11 heteroatoms. The van der Waals surface area contributed by atoms with Crippen molar-refractivity contribution in [2.45, 2.75) is 17.7 Å². The second-order valence-electron chi connectivity index (χ2n) is 7.69. The van der Waals surface area contributed by atoms with Crippen molar-refractivity contribution >= 4 is 39.4 Å². The minimum absolute atomic E-state index is 0.00717. The lowest BCUT2D eigenvalue weighted by atomic mass is 10.1. The number of hydrogen-bond acceptors (Lipinski definition) is 7. The van der Waals surface area contributed by atoms with Crippen LogP contribution in [0.3, 0.4) is 0 Å². The number of amides is 3. The van der Waals surface area contributed by atoms with Gasteiger partial charge in [-0.2, -0.15) is 4.31 Å². The third-order valence-electron chi connectivity index (χ3n) is 5.48. The number of hydrogen-bond donors (Lipinski definition) is 1. The monoisotopic (exact) mass is 471 g/mol. The number of nitrogens with one attached hydrogen (secondary N) is 1. The smallest absolute Gasteiger partial charge is 0.338 e. The average Bonchev–Trinajstić information content (AvgIpc) is 3.43. The predicted molar refractivity (Wildman–Crippen MR) is 116 cm³/mol. The van der Waals surface area contributed by atoms with E-state index in [2.05, 4.69) is 5.32 Å². The van der Waals surface area contributed by atoms with Crippen LogP contribution in [0.2, 0.25) is 0 Å². The topological polar surface area (TPSA) is 130 Å². The van der Waals surface area contributed by atoms with Crippen LogP contribution in [0, 0.1) is 0 Å². The Morgan fingerprint density at radius 2 is 1.70 bits per heavy atom. The lowest BCUT2D eigenvalue weighted by Gasteiger charge is -2.15. The average molecular weight is 471 g/mol. The highest BCUT2D eigenvalue weighted by atomic mass is 32.2. The van der Waals surface area contributed by atoms with Crippen LogP contribution >= 0.6 is 0 Å². The molecule has 10 nitrogen and oxygen atoms in total. The van der Waals surface area contributed by atoms with Crippen molar-refractivity contribution in [2.75, 3.05) is 32.1 Å². The van der Waals surface area contributed by atoms with Gasteiger partial charge in [-0.15, -0.1) is 0 Å². The van der Waals surface area contributed by atoms with Crippen LogP contribution in [0.25, 0.3) is 0 Å². The minimum atomic E-state index is -3.69. The Labute approximate surface area is 190 Å². The molecule has 33 heavy (non-hydrogen) atoms. The number of fused-ring (bicyclic) bond motifs is 1. The molecule has 0 atom stereocenters. The number of esters is 1. The summed E-state index contributed by atoms with van der Waals surface area (Å²) in [5.41, 5.74) is 0.696. The van der Waals surface area contributed by atoms with E-state index in [0.29, 0.717) is 13.1 Å². The number of carbonyl (C=O) groups excluding carboxylic acids is 4. The summed E-state index contributed by atoms with van der Waals surface area (Å²) in [6.07, 6.45) is 1.59. The number of carbonyl (C=O) groups is 4. The number of anilines is 1. The molecular formula is C22H21N3O7S. The first-order valence-corrected chi connectivity index (χ1v) is 11.7. The summed E-state index contributed by atoms with van der Waals surface area (Å²) in [4.78, 5) is 49.6. The molecule has 172 valence electrons. The Hall–Kier alpha value is -3.57. The lowest BCUT2D eigenvalue weighted by molar-refractivity contribution is -0.119. The van der Waals surface area contributed by atoms with Crippen molar-refractivity contribution in [3.05, 3.63) is 59.2 Å². The molecule has 0 aliphatic carbocycles. The molecule has 1 fully saturated rings. The molecule has 0 spiro atoms. The summed E-state index contributed by atoms with van der Waals surface area (Å²) in [5, 5.41) is 2.50. The maximum atomic E-state index is 12.7. The first-order valence-electron chi connectivity index (χ1n) is 10.2. The van der Waals surface area contributed by atoms with Gasteiger partial charge in [0.25, 0.3) is 17.7 Å². The molecule has 0 aromatic heterocycles. The van der Waals surface area contributed by atoms with E-state index in [1.807, 2.05) is 0 Å². The predicted octanol–water partition coefficient (Wildman–Crippen LogP) is 1.49. The highest BCUT2D eigenvalue weighted by molar-refractivity contribution is 7.89. The molecule has 2 aromatic carbocycles. The molecule has 1 saturated heterocycles. The van der Waals surface area contributed by atoms with E-state index in [0.717, 1.165) is 17.7 Å². The molecule has 2 aliphatic rings. The van der Waals surface area contributed by atoms with Crippen LogP contribution in [0.15, 0.2) is 47.4 Å². The Kier molecular flexibility index (Phi) is 6.00. The van der Waals surface area contributed by atoms with Crippen LogP contribution < -0.4 is 5.32 Å². The van der Waals surface area contributed by atoms with Crippen molar-refractivity contribution < 1.29 is 32.3 Å². The Morgan fingerprint density at radius 1 is 1.00 bits per heavy atom. The fraction of sp³-hybridized carbons (Fsp3) is 0.273. The van der Waals surface area contributed by atoms with E-state index < -0.39 is 40.3 Å². The number of nitrogens with zero attached hydrogens (tertiary/aromatic N) is 2. The van der Waals surface area contributed by atoms with Crippen LogP contribution in [0.1, 0.15) is 43.9 Å². The Morgan fingerprint density at radius 3 is 2.42 bits per heavy atom. The van der Waals surface area contributed by atoms with Crippen molar-refractivity contribution in [3.63, 3.8) is 0 Å². The first-order chi connectivity index (χ1) is 15.7. The van der Waals surface area contributed by atoms with Gasteiger partial charge in [-0.3, -0.25) is 19.3 Å². The quantitative estimate of drug-likeness (QED) is 0.499. The van der Waals surface area contributed by atoms with Gasteiger partial charge in [-0.05, 0) is 49.2 Å². The summed E-state index contributed by atoms with van der Waals surface area (Å²) in [6.45, 7) is 0.262. The molecule has 0 bridgehead atoms. The van der Waals surface area contributed by atoms with E-state index >= 15 is 0 Å². The molecule has 2 aromatic rings. The van der Waals surface area contributed by atoms with Gasteiger partial charge in [0, 0.05) is 25.8 Å². The molecule has 4 rings (SSSR count). The maximum Gasteiger partial charge on any atom is 0.338 e. The summed E-state index contributed by atoms with van der Waals surface area (Å²) < 4.78 is 31.8. The van der Waals surface area contributed by atoms with Gasteiger partial charge in [0.2, 0.25) is 10.0 Å². The minimum Gasteiger partial charge on any atom is -0.452 e. The highest BCUT2D eigenvalue weighted by Gasteiger charge is 2.33. The largest absolute Gasteiger partial charge is 0.452 e. The normalized spacial score (nSPS) is 16.1. The van der Waals surface area contributed by atoms with Gasteiger partial charge in [0.15, 0.2) is 6.61 Å². The summed E-state index contributed by atoms with van der Waals surface area (Å²) in [7, 11) is -2.32. The SMILES string of the molecule is CN1C(=O)c2ccc(NC(=O)COC(=O)c3cccc(S(=O)(=O)N4CCCC4)c3)cc2C1=O. The third-order valence-corrected chi connectivity index (χ3v) is 7.37. The van der Waals surface area contributed by atoms with Gasteiger partial charge >= 0.3 is 5.97 Å². The lowest BCUT2D eigenvalue weighted by Crippen LogP contribution is -2.28. The maximum absolute atomic E-state index is 12.7. The van der Waals surface area contributed by atoms with Crippen LogP contribution in [0.4, 0.5) is 5.69 Å². The van der Waals surface area contributed by atoms with Gasteiger partial charge in [-0.25, -0.2) is 13.2 Å². The number of ether oxygens (including phenoxy) is 1. The zero-order chi connectivity index (χ0) is 23.8. The molecule has 2 aliphatic heterocycles. The van der Waals surface area contributed by atoms with Gasteiger partial charge in [0.05, 0.1) is 21.6 Å². The first kappa shape index (κ1) is 22.6. The molecule has 0 saturated carbocycles. The zero-order valence-electron chi connectivity index (χ0n) is 17.7. The molecule has 1 N–H and O–H groups in total. The van der Waals surface area contributed by atoms with E-state index in [1.54, 1.807) is 0 Å². The van der Waals surface area contributed by atoms with Crippen LogP contribution in [-0.2, 0) is 19.6 Å². The highest BCUT2D eigenvalue weighted by Crippen LogP contribution is 2.25. The second kappa shape index (κ2) is 8.75. The summed E-state index contributed by atoms with van der Waals surface area (Å²) in [6, 6.07) is 9.78. The molecule has 0 radical (unpaired) electrons. The van der Waals surface area contributed by atoms with E-state index in [1.165, 1.54) is 53.8 Å². The zero-order valence-corrected chi connectivity index (χ0v) is 18.6. The van der Waals surface area contributed by atoms with Crippen LogP contribution in [0.5, 0.6) is 0 Å². The van der Waals surface area contributed by atoms with Gasteiger partial charge in [-0.1, -0.05) is 6.07 Å². The Bertz CT molecular complexity index is 1270. The van der Waals surface area contributed by atoms with E-state index in [-0.39, 0.29) is 27.3 Å². The number of benzene rings is 2. The fourth-order valence-electron chi connectivity index (χ4n) is 3.71. The van der Waals surface area contributed by atoms with Gasteiger partial charge in [0.1, 0.15) is 0 Å². The van der Waals surface area contributed by atoms with E-state index in [9.17, 15) is 27.6 Å². The third kappa shape index (κ3) is 4.37. The number of sulfonamides is 1. The standard InChI is InChI=1S/C22H21N3O7S/c1-24-20(27)17-8-7-15(12-18(17)21(24)28)23-19(26)13-32-22(29)14-5-4-6-16(11-14)33(30,31)25-9-2-3-10-25/h4-8,11-12H,2-3,9-10,13H2,1H3,(H,23,26). The molecule has 2 heterocycles. The van der Waals surface area contributed by atoms with Crippen molar-refractivity contribution in [1.82, 2.24) is 9.21 Å². The van der Waals surface area contributed by atoms with Crippen molar-refractivity contribution in [3.8, 4) is 0 Å². The van der Waals surface area contributed by atoms with Crippen molar-refractivity contribution in [2.24, 2.45) is 0 Å². The second-order valence-corrected chi connectivity index (χ2v) is 9.63. The summed E-state index contributed by atoms with van der Waals surface area (Å²) >= 11 is 0. The number of imide groups is 1. The van der Waals surface area contributed by atoms with Crippen molar-refractivity contribution in [1.29, 1.82) is 0 Å². The molecule has 0 unspecified atom stereocenters. The molecular weight excluding hydrogens is 450 g/mol. The Balaban J connectivity index is 1.38. The summed E-state index contributed by atoms with van der Waals surface area (Å²) in [5.74, 6) is -2.40. The van der Waals surface area contributed by atoms with Crippen LogP contribution in [-0.4, -0.2) is 68.1 Å². The molecule has 3 amide bonds. The fourth-order valence-corrected chi connectivity index (χ4v) is 5.28. The van der Waals surface area contributed by atoms with E-state index in [4.69, 9.17) is 4.74 Å².